The van der Waals surface area contributed by atoms with Gasteiger partial charge in [-0.15, -0.1) is 13.2 Å². The van der Waals surface area contributed by atoms with Crippen molar-refractivity contribution < 1.29 is 45.1 Å². The maximum atomic E-state index is 13.2. The van der Waals surface area contributed by atoms with Crippen LogP contribution in [0.4, 0.5) is 18.3 Å². The lowest BCUT2D eigenvalue weighted by molar-refractivity contribution is -0.274. The summed E-state index contributed by atoms with van der Waals surface area (Å²) < 4.78 is 87.3. The summed E-state index contributed by atoms with van der Waals surface area (Å²) >= 11 is 1.46. The fourth-order valence-electron chi connectivity index (χ4n) is 6.87. The molecule has 1 saturated carbocycles. The van der Waals surface area contributed by atoms with Crippen LogP contribution >= 0.6 is 11.3 Å². The van der Waals surface area contributed by atoms with Gasteiger partial charge in [-0.25, -0.2) is 13.4 Å². The summed E-state index contributed by atoms with van der Waals surface area (Å²) in [5.41, 5.74) is 2.65. The van der Waals surface area contributed by atoms with Crippen molar-refractivity contribution in [2.75, 3.05) is 17.8 Å². The molecule has 15 heteroatoms. The second-order valence-corrected chi connectivity index (χ2v) is 15.7. The number of esters is 1. The lowest BCUT2D eigenvalue weighted by Crippen LogP contribution is -2.45. The van der Waals surface area contributed by atoms with Crippen molar-refractivity contribution in [2.24, 2.45) is 0 Å². The monoisotopic (exact) mass is 705 g/mol. The quantitative estimate of drug-likeness (QED) is 0.150. The number of fused-ring (bicyclic) bond motifs is 3. The SMILES string of the molecule is COC(=O)CCS(=O)(=O)c1cc(C)c2nc(N3C4CCC3CC(OCc3c(-c5ccccc5OC(F)(F)F)noc3C3CC3)C4)sc2c1. The molecular weight excluding hydrogens is 672 g/mol. The van der Waals surface area contributed by atoms with Crippen molar-refractivity contribution in [1.82, 2.24) is 10.1 Å². The number of anilines is 1. The number of carbonyl (C=O) groups excluding carboxylic acids is 1. The Labute approximate surface area is 279 Å². The molecule has 10 nitrogen and oxygen atoms in total. The van der Waals surface area contributed by atoms with E-state index in [1.807, 2.05) is 6.92 Å². The van der Waals surface area contributed by atoms with E-state index in [0.717, 1.165) is 59.4 Å². The molecule has 2 atom stereocenters. The van der Waals surface area contributed by atoms with Crippen molar-refractivity contribution in [2.45, 2.75) is 93.8 Å². The number of piperidine rings is 1. The summed E-state index contributed by atoms with van der Waals surface area (Å²) in [6.45, 7) is 1.99. The molecule has 4 aromatic rings. The number of alkyl halides is 3. The van der Waals surface area contributed by atoms with Crippen LogP contribution in [0.25, 0.3) is 21.5 Å². The van der Waals surface area contributed by atoms with Crippen LogP contribution in [0.15, 0.2) is 45.8 Å². The van der Waals surface area contributed by atoms with Crippen molar-refractivity contribution in [3.8, 4) is 17.0 Å². The Hall–Kier alpha value is -3.69. The van der Waals surface area contributed by atoms with Gasteiger partial charge in [-0.05, 0) is 75.3 Å². The molecule has 256 valence electrons. The summed E-state index contributed by atoms with van der Waals surface area (Å²) in [5, 5.41) is 5.03. The predicted molar refractivity (Wildman–Crippen MR) is 171 cm³/mol. The van der Waals surface area contributed by atoms with E-state index in [0.29, 0.717) is 17.0 Å². The van der Waals surface area contributed by atoms with E-state index >= 15 is 0 Å². The average Bonchev–Trinajstić information content (AvgIpc) is 3.55. The zero-order valence-electron chi connectivity index (χ0n) is 26.3. The molecular formula is C33H34F3N3O7S2. The molecule has 2 unspecified atom stereocenters. The highest BCUT2D eigenvalue weighted by molar-refractivity contribution is 7.91. The minimum Gasteiger partial charge on any atom is -0.469 e. The number of aromatic nitrogens is 2. The third-order valence-corrected chi connectivity index (χ3v) is 12.0. The Balaban J connectivity index is 1.08. The van der Waals surface area contributed by atoms with Gasteiger partial charge in [0, 0.05) is 29.1 Å². The summed E-state index contributed by atoms with van der Waals surface area (Å²) in [5.74, 6) is -0.427. The summed E-state index contributed by atoms with van der Waals surface area (Å²) in [6.07, 6.45) is 0.0958. The van der Waals surface area contributed by atoms with Gasteiger partial charge >= 0.3 is 12.3 Å². The lowest BCUT2D eigenvalue weighted by Gasteiger charge is -2.38. The van der Waals surface area contributed by atoms with Gasteiger partial charge in [0.2, 0.25) is 0 Å². The number of benzene rings is 2. The molecule has 3 aliphatic rings. The van der Waals surface area contributed by atoms with Crippen molar-refractivity contribution >= 4 is 42.5 Å². The van der Waals surface area contributed by atoms with Crippen LogP contribution in [0.1, 0.15) is 67.8 Å². The Morgan fingerprint density at radius 1 is 1.10 bits per heavy atom. The van der Waals surface area contributed by atoms with E-state index < -0.39 is 22.2 Å². The number of rotatable bonds is 11. The number of para-hydroxylation sites is 1. The number of hydrogen-bond acceptors (Lipinski definition) is 11. The maximum Gasteiger partial charge on any atom is 0.573 e. The molecule has 0 N–H and O–H groups in total. The van der Waals surface area contributed by atoms with Gasteiger partial charge in [0.25, 0.3) is 0 Å². The van der Waals surface area contributed by atoms with Crippen LogP contribution in [-0.4, -0.2) is 61.9 Å². The molecule has 0 amide bonds. The van der Waals surface area contributed by atoms with Gasteiger partial charge in [0.15, 0.2) is 15.0 Å². The zero-order valence-corrected chi connectivity index (χ0v) is 27.9. The van der Waals surface area contributed by atoms with Gasteiger partial charge in [0.05, 0.1) is 47.1 Å². The van der Waals surface area contributed by atoms with Gasteiger partial charge < -0.3 is 23.6 Å². The molecule has 2 bridgehead atoms. The number of thiazole rings is 1. The number of nitrogens with zero attached hydrogens (tertiary/aromatic N) is 3. The fraction of sp³-hybridized carbons (Fsp3) is 0.485. The van der Waals surface area contributed by atoms with Gasteiger partial charge in [-0.2, -0.15) is 0 Å². The van der Waals surface area contributed by atoms with E-state index in [4.69, 9.17) is 14.2 Å². The summed E-state index contributed by atoms with van der Waals surface area (Å²) in [6, 6.07) is 9.51. The fourth-order valence-corrected chi connectivity index (χ4v) is 9.50. The van der Waals surface area contributed by atoms with Gasteiger partial charge in [-0.1, -0.05) is 28.6 Å². The third kappa shape index (κ3) is 6.64. The van der Waals surface area contributed by atoms with Crippen LogP contribution in [-0.2, 0) is 30.7 Å². The number of sulfone groups is 1. The Bertz CT molecular complexity index is 1940. The molecule has 2 saturated heterocycles. The molecule has 2 aromatic carbocycles. The van der Waals surface area contributed by atoms with Crippen LogP contribution in [0.3, 0.4) is 0 Å². The second kappa shape index (κ2) is 12.6. The number of aryl methyl sites for hydroxylation is 1. The molecule has 2 aliphatic heterocycles. The minimum absolute atomic E-state index is 0.0853. The Morgan fingerprint density at radius 3 is 2.52 bits per heavy atom. The molecule has 0 radical (unpaired) electrons. The first kappa shape index (κ1) is 32.8. The maximum absolute atomic E-state index is 13.2. The zero-order chi connectivity index (χ0) is 33.8. The first-order valence-electron chi connectivity index (χ1n) is 15.8. The van der Waals surface area contributed by atoms with Crippen molar-refractivity contribution in [3.05, 3.63) is 53.3 Å². The Morgan fingerprint density at radius 2 is 1.83 bits per heavy atom. The smallest absolute Gasteiger partial charge is 0.469 e. The second-order valence-electron chi connectivity index (χ2n) is 12.6. The lowest BCUT2D eigenvalue weighted by atomic mass is 10.00. The Kier molecular flexibility index (Phi) is 8.65. The van der Waals surface area contributed by atoms with Crippen molar-refractivity contribution in [1.29, 1.82) is 0 Å². The third-order valence-electron chi connectivity index (χ3n) is 9.32. The van der Waals surface area contributed by atoms with Crippen LogP contribution in [0.5, 0.6) is 5.75 Å². The van der Waals surface area contributed by atoms with Gasteiger partial charge in [-0.3, -0.25) is 4.79 Å². The van der Waals surface area contributed by atoms with Crippen LogP contribution in [0, 0.1) is 6.92 Å². The predicted octanol–water partition coefficient (Wildman–Crippen LogP) is 7.09. The van der Waals surface area contributed by atoms with Gasteiger partial charge in [0.1, 0.15) is 17.2 Å². The number of ether oxygens (including phenoxy) is 3. The number of methoxy groups -OCH3 is 1. The summed E-state index contributed by atoms with van der Waals surface area (Å²) in [4.78, 5) is 19.0. The topological polar surface area (TPSA) is 121 Å². The molecule has 0 spiro atoms. The molecule has 4 heterocycles. The highest BCUT2D eigenvalue weighted by atomic mass is 32.2. The van der Waals surface area contributed by atoms with E-state index in [-0.39, 0.29) is 59.1 Å². The van der Waals surface area contributed by atoms with Crippen molar-refractivity contribution in [3.63, 3.8) is 0 Å². The minimum atomic E-state index is -4.85. The number of halogens is 3. The first-order chi connectivity index (χ1) is 22.9. The molecule has 7 rings (SSSR count). The van der Waals surface area contributed by atoms with E-state index in [1.165, 1.54) is 36.6 Å². The van der Waals surface area contributed by atoms with Crippen LogP contribution in [0.2, 0.25) is 0 Å². The summed E-state index contributed by atoms with van der Waals surface area (Å²) in [7, 11) is -2.47. The average molecular weight is 706 g/mol. The highest BCUT2D eigenvalue weighted by Gasteiger charge is 2.43. The molecule has 1 aliphatic carbocycles. The largest absolute Gasteiger partial charge is 0.573 e. The normalized spacial score (nSPS) is 21.2. The molecule has 3 fully saturated rings. The number of hydrogen-bond donors (Lipinski definition) is 0. The molecule has 2 aromatic heterocycles. The van der Waals surface area contributed by atoms with E-state index in [2.05, 4.69) is 19.5 Å². The van der Waals surface area contributed by atoms with Crippen LogP contribution < -0.4 is 9.64 Å². The highest BCUT2D eigenvalue weighted by Crippen LogP contribution is 2.47. The van der Waals surface area contributed by atoms with E-state index in [9.17, 15) is 26.4 Å². The molecule has 48 heavy (non-hydrogen) atoms. The van der Waals surface area contributed by atoms with E-state index in [1.54, 1.807) is 18.2 Å². The first-order valence-corrected chi connectivity index (χ1v) is 18.3. The number of carbonyl (C=O) groups is 1. The standard InChI is InChI=1S/C33H34F3N3O7S2/c1-18-13-23(48(41,42)12-11-28(40)43-2)16-27-29(18)37-32(47-27)39-20-9-10-21(39)15-22(14-20)44-17-25-30(38-46-31(25)19-7-8-19)24-5-3-4-6-26(24)45-33(34,35)36/h3-6,13,16,19-22H,7-12,14-15,17H2,1-2H3.